The highest BCUT2D eigenvalue weighted by Crippen LogP contribution is 2.40. The first-order chi connectivity index (χ1) is 12.7. The summed E-state index contributed by atoms with van der Waals surface area (Å²) in [6.45, 7) is 4.89. The topological polar surface area (TPSA) is 60.0 Å². The van der Waals surface area contributed by atoms with Crippen LogP contribution in [0.2, 0.25) is 5.02 Å². The van der Waals surface area contributed by atoms with E-state index >= 15 is 0 Å². The van der Waals surface area contributed by atoms with Crippen molar-refractivity contribution in [2.45, 2.75) is 32.2 Å². The highest BCUT2D eigenvalue weighted by Gasteiger charge is 2.40. The van der Waals surface area contributed by atoms with Crippen LogP contribution in [-0.4, -0.2) is 50.4 Å². The molecule has 0 radical (unpaired) electrons. The Kier molecular flexibility index (Phi) is 5.14. The maximum absolute atomic E-state index is 12.6. The Balaban J connectivity index is 1.36. The van der Waals surface area contributed by atoms with Crippen LogP contribution in [0.3, 0.4) is 0 Å². The van der Waals surface area contributed by atoms with E-state index in [4.69, 9.17) is 25.8 Å². The average Bonchev–Trinajstić information content (AvgIpc) is 2.89. The third-order valence-corrected chi connectivity index (χ3v) is 5.87. The van der Waals surface area contributed by atoms with E-state index in [1.165, 1.54) is 0 Å². The Morgan fingerprint density at radius 2 is 1.96 bits per heavy atom. The van der Waals surface area contributed by atoms with Crippen LogP contribution in [0.25, 0.3) is 0 Å². The van der Waals surface area contributed by atoms with Gasteiger partial charge in [0.1, 0.15) is 0 Å². The molecule has 1 aromatic rings. The Morgan fingerprint density at radius 1 is 1.15 bits per heavy atom. The number of fused-ring (bicyclic) bond motifs is 1. The van der Waals surface area contributed by atoms with E-state index in [0.29, 0.717) is 36.3 Å². The summed E-state index contributed by atoms with van der Waals surface area (Å²) in [5.74, 6) is 1.25. The molecular formula is C19H25ClN2O4. The molecule has 3 aliphatic heterocycles. The van der Waals surface area contributed by atoms with Gasteiger partial charge in [-0.2, -0.15) is 0 Å². The van der Waals surface area contributed by atoms with Crippen LogP contribution in [0.4, 0.5) is 4.79 Å². The lowest BCUT2D eigenvalue weighted by Gasteiger charge is -2.33. The molecule has 26 heavy (non-hydrogen) atoms. The molecule has 7 heteroatoms. The van der Waals surface area contributed by atoms with Crippen LogP contribution in [-0.2, 0) is 11.3 Å². The largest absolute Gasteiger partial charge is 0.489 e. The van der Waals surface area contributed by atoms with E-state index in [1.807, 2.05) is 17.0 Å². The van der Waals surface area contributed by atoms with Crippen LogP contribution < -0.4 is 14.8 Å². The zero-order valence-electron chi connectivity index (χ0n) is 14.9. The van der Waals surface area contributed by atoms with E-state index in [9.17, 15) is 4.79 Å². The van der Waals surface area contributed by atoms with Gasteiger partial charge in [-0.05, 0) is 42.4 Å². The van der Waals surface area contributed by atoms with E-state index in [0.717, 1.165) is 57.6 Å². The van der Waals surface area contributed by atoms with E-state index in [2.05, 4.69) is 5.32 Å². The number of nitrogens with zero attached hydrogens (tertiary/aromatic N) is 1. The fourth-order valence-electron chi connectivity index (χ4n) is 4.00. The first kappa shape index (κ1) is 17.7. The van der Waals surface area contributed by atoms with E-state index < -0.39 is 0 Å². The number of benzene rings is 1. The standard InChI is InChI=1S/C19H25ClN2O4/c20-15-10-14(11-16-17(15)26-7-1-6-25-16)12-21-18(23)22-5-2-19(13-22)3-8-24-9-4-19/h10-11H,1-9,12-13H2,(H,21,23). The molecule has 0 unspecified atom stereocenters. The number of amides is 2. The minimum atomic E-state index is -0.0170. The number of halogens is 1. The van der Waals surface area contributed by atoms with Crippen molar-refractivity contribution in [2.24, 2.45) is 5.41 Å². The van der Waals surface area contributed by atoms with Crippen molar-refractivity contribution in [2.75, 3.05) is 39.5 Å². The van der Waals surface area contributed by atoms with Crippen molar-refractivity contribution in [3.8, 4) is 11.5 Å². The van der Waals surface area contributed by atoms with Gasteiger partial charge in [-0.3, -0.25) is 0 Å². The molecule has 0 saturated carbocycles. The summed E-state index contributed by atoms with van der Waals surface area (Å²) < 4.78 is 16.8. The molecule has 0 aromatic heterocycles. The quantitative estimate of drug-likeness (QED) is 0.855. The molecule has 3 aliphatic rings. The molecule has 4 rings (SSSR count). The van der Waals surface area contributed by atoms with Crippen molar-refractivity contribution >= 4 is 17.6 Å². The fraction of sp³-hybridized carbons (Fsp3) is 0.632. The predicted octanol–water partition coefficient (Wildman–Crippen LogP) is 3.21. The molecule has 6 nitrogen and oxygen atoms in total. The minimum Gasteiger partial charge on any atom is -0.489 e. The zero-order valence-corrected chi connectivity index (χ0v) is 15.6. The minimum absolute atomic E-state index is 0.0170. The van der Waals surface area contributed by atoms with Crippen molar-refractivity contribution in [3.63, 3.8) is 0 Å². The second-order valence-electron chi connectivity index (χ2n) is 7.40. The number of carbonyl (C=O) groups is 1. The van der Waals surface area contributed by atoms with Crippen LogP contribution >= 0.6 is 11.6 Å². The molecule has 142 valence electrons. The summed E-state index contributed by atoms with van der Waals surface area (Å²) in [6, 6.07) is 3.72. The lowest BCUT2D eigenvalue weighted by molar-refractivity contribution is 0.0208. The maximum atomic E-state index is 12.6. The van der Waals surface area contributed by atoms with Crippen molar-refractivity contribution in [1.29, 1.82) is 0 Å². The second kappa shape index (κ2) is 7.53. The Hall–Kier alpha value is -1.66. The number of rotatable bonds is 2. The molecule has 2 saturated heterocycles. The van der Waals surface area contributed by atoms with Crippen molar-refractivity contribution in [3.05, 3.63) is 22.7 Å². The maximum Gasteiger partial charge on any atom is 0.317 e. The molecule has 1 spiro atoms. The van der Waals surface area contributed by atoms with Crippen molar-refractivity contribution in [1.82, 2.24) is 10.2 Å². The summed E-state index contributed by atoms with van der Waals surface area (Å²) in [7, 11) is 0. The predicted molar refractivity (Wildman–Crippen MR) is 98.0 cm³/mol. The molecule has 0 bridgehead atoms. The molecule has 3 heterocycles. The normalized spacial score (nSPS) is 21.5. The SMILES string of the molecule is O=C(NCc1cc(Cl)c2c(c1)OCCCO2)N1CCC2(CCOCC2)C1. The Morgan fingerprint density at radius 3 is 2.81 bits per heavy atom. The molecule has 2 amide bonds. The highest BCUT2D eigenvalue weighted by molar-refractivity contribution is 6.32. The van der Waals surface area contributed by atoms with Crippen LogP contribution in [0.5, 0.6) is 11.5 Å². The first-order valence-electron chi connectivity index (χ1n) is 9.34. The van der Waals surface area contributed by atoms with Gasteiger partial charge in [-0.1, -0.05) is 11.6 Å². The summed E-state index contributed by atoms with van der Waals surface area (Å²) in [5.41, 5.74) is 1.17. The van der Waals surface area contributed by atoms with Gasteiger partial charge in [0.05, 0.1) is 18.2 Å². The van der Waals surface area contributed by atoms with Crippen LogP contribution in [0.1, 0.15) is 31.2 Å². The monoisotopic (exact) mass is 380 g/mol. The number of nitrogens with one attached hydrogen (secondary N) is 1. The van der Waals surface area contributed by atoms with Gasteiger partial charge in [0, 0.05) is 39.3 Å². The Labute approximate surface area is 158 Å². The number of urea groups is 1. The van der Waals surface area contributed by atoms with Gasteiger partial charge >= 0.3 is 6.03 Å². The summed E-state index contributed by atoms with van der Waals surface area (Å²) >= 11 is 6.32. The third kappa shape index (κ3) is 3.71. The van der Waals surface area contributed by atoms with Gasteiger partial charge in [-0.15, -0.1) is 0 Å². The average molecular weight is 381 g/mol. The summed E-state index contributed by atoms with van der Waals surface area (Å²) in [5, 5.41) is 3.54. The summed E-state index contributed by atoms with van der Waals surface area (Å²) in [4.78, 5) is 14.5. The molecule has 0 atom stereocenters. The summed E-state index contributed by atoms with van der Waals surface area (Å²) in [6.07, 6.45) is 4.00. The van der Waals surface area contributed by atoms with Crippen molar-refractivity contribution < 1.29 is 19.0 Å². The smallest absolute Gasteiger partial charge is 0.317 e. The highest BCUT2D eigenvalue weighted by atomic mass is 35.5. The first-order valence-corrected chi connectivity index (χ1v) is 9.72. The molecule has 1 aromatic carbocycles. The van der Waals surface area contributed by atoms with Crippen LogP contribution in [0.15, 0.2) is 12.1 Å². The van der Waals surface area contributed by atoms with Gasteiger partial charge in [-0.25, -0.2) is 4.79 Å². The van der Waals surface area contributed by atoms with Gasteiger partial charge in [0.2, 0.25) is 0 Å². The lowest BCUT2D eigenvalue weighted by atomic mass is 9.80. The molecule has 0 aliphatic carbocycles. The third-order valence-electron chi connectivity index (χ3n) is 5.58. The van der Waals surface area contributed by atoms with E-state index in [-0.39, 0.29) is 11.4 Å². The molecule has 2 fully saturated rings. The zero-order chi connectivity index (χ0) is 18.0. The van der Waals surface area contributed by atoms with E-state index in [1.54, 1.807) is 0 Å². The fourth-order valence-corrected chi connectivity index (χ4v) is 4.28. The lowest BCUT2D eigenvalue weighted by Crippen LogP contribution is -2.40. The number of carbonyl (C=O) groups excluding carboxylic acids is 1. The number of hydrogen-bond acceptors (Lipinski definition) is 4. The van der Waals surface area contributed by atoms with Gasteiger partial charge < -0.3 is 24.4 Å². The van der Waals surface area contributed by atoms with Gasteiger partial charge in [0.25, 0.3) is 0 Å². The van der Waals surface area contributed by atoms with Gasteiger partial charge in [0.15, 0.2) is 11.5 Å². The number of hydrogen-bond donors (Lipinski definition) is 1. The Bertz CT molecular complexity index is 676. The second-order valence-corrected chi connectivity index (χ2v) is 7.81. The molecule has 1 N–H and O–H groups in total. The number of ether oxygens (including phenoxy) is 3. The van der Waals surface area contributed by atoms with Crippen LogP contribution in [0, 0.1) is 5.41 Å². The molecular weight excluding hydrogens is 356 g/mol. The number of likely N-dealkylation sites (tertiary alicyclic amines) is 1.